The van der Waals surface area contributed by atoms with E-state index in [0.717, 1.165) is 5.69 Å². The predicted octanol–water partition coefficient (Wildman–Crippen LogP) is 2.75. The van der Waals surface area contributed by atoms with Crippen molar-refractivity contribution in [2.45, 2.75) is 6.92 Å². The number of pyridine rings is 1. The lowest BCUT2D eigenvalue weighted by molar-refractivity contribution is 0.0601. The molecule has 21 heavy (non-hydrogen) atoms. The van der Waals surface area contributed by atoms with Crippen LogP contribution in [0.1, 0.15) is 17.3 Å². The van der Waals surface area contributed by atoms with Gasteiger partial charge in [-0.2, -0.15) is 0 Å². The number of nitrogens with two attached hydrogens (primary N) is 1. The maximum absolute atomic E-state index is 13.0. The van der Waals surface area contributed by atoms with E-state index >= 15 is 0 Å². The highest BCUT2D eigenvalue weighted by molar-refractivity contribution is 5.96. The molecule has 0 fully saturated rings. The number of nitrogens with zero attached hydrogens (tertiary/aromatic N) is 2. The van der Waals surface area contributed by atoms with Crippen LogP contribution in [0.2, 0.25) is 0 Å². The van der Waals surface area contributed by atoms with Crippen LogP contribution in [0.4, 0.5) is 21.6 Å². The zero-order valence-corrected chi connectivity index (χ0v) is 11.8. The summed E-state index contributed by atoms with van der Waals surface area (Å²) in [6, 6.07) is 7.47. The summed E-state index contributed by atoms with van der Waals surface area (Å²) in [5.74, 6) is -0.427. The van der Waals surface area contributed by atoms with Crippen molar-refractivity contribution >= 4 is 23.2 Å². The molecule has 2 aromatic rings. The summed E-state index contributed by atoms with van der Waals surface area (Å²) in [6.45, 7) is 2.45. The van der Waals surface area contributed by atoms with E-state index in [1.807, 2.05) is 6.92 Å². The van der Waals surface area contributed by atoms with E-state index in [2.05, 4.69) is 4.98 Å². The van der Waals surface area contributed by atoms with Crippen LogP contribution in [-0.4, -0.2) is 24.6 Å². The SMILES string of the molecule is CCN(c1ccc(F)cc1)c1ncc(N)cc1C(=O)OC. The second-order valence-electron chi connectivity index (χ2n) is 4.35. The van der Waals surface area contributed by atoms with Gasteiger partial charge in [0.25, 0.3) is 0 Å². The normalized spacial score (nSPS) is 10.2. The van der Waals surface area contributed by atoms with Crippen molar-refractivity contribution in [1.82, 2.24) is 4.98 Å². The number of ether oxygens (including phenoxy) is 1. The molecule has 0 saturated carbocycles. The number of rotatable bonds is 4. The first-order valence-corrected chi connectivity index (χ1v) is 6.43. The van der Waals surface area contributed by atoms with Gasteiger partial charge in [0.1, 0.15) is 17.2 Å². The van der Waals surface area contributed by atoms with Gasteiger partial charge in [-0.1, -0.05) is 0 Å². The van der Waals surface area contributed by atoms with Crippen molar-refractivity contribution in [3.8, 4) is 0 Å². The van der Waals surface area contributed by atoms with E-state index in [-0.39, 0.29) is 11.4 Å². The van der Waals surface area contributed by atoms with Gasteiger partial charge in [-0.15, -0.1) is 0 Å². The lowest BCUT2D eigenvalue weighted by Gasteiger charge is -2.24. The molecule has 0 radical (unpaired) electrons. The third-order valence-electron chi connectivity index (χ3n) is 3.00. The Bertz CT molecular complexity index is 644. The average Bonchev–Trinajstić information content (AvgIpc) is 2.50. The van der Waals surface area contributed by atoms with Crippen molar-refractivity contribution < 1.29 is 13.9 Å². The minimum atomic E-state index is -0.523. The second kappa shape index (κ2) is 6.21. The van der Waals surface area contributed by atoms with Crippen LogP contribution in [0.15, 0.2) is 36.5 Å². The number of benzene rings is 1. The molecule has 1 aromatic carbocycles. The maximum atomic E-state index is 13.0. The smallest absolute Gasteiger partial charge is 0.341 e. The first kappa shape index (κ1) is 14.8. The van der Waals surface area contributed by atoms with Gasteiger partial charge in [0, 0.05) is 12.2 Å². The summed E-state index contributed by atoms with van der Waals surface area (Å²) in [4.78, 5) is 17.9. The molecule has 110 valence electrons. The Morgan fingerprint density at radius 2 is 2.05 bits per heavy atom. The van der Waals surface area contributed by atoms with E-state index < -0.39 is 5.97 Å². The number of hydrogen-bond donors (Lipinski definition) is 1. The Balaban J connectivity index is 2.51. The molecule has 0 aliphatic rings. The molecular formula is C15H16FN3O2. The Labute approximate surface area is 122 Å². The van der Waals surface area contributed by atoms with Gasteiger partial charge < -0.3 is 15.4 Å². The summed E-state index contributed by atoms with van der Waals surface area (Å²) in [5.41, 5.74) is 7.04. The first-order chi connectivity index (χ1) is 10.1. The molecule has 6 heteroatoms. The Morgan fingerprint density at radius 1 is 1.38 bits per heavy atom. The zero-order valence-electron chi connectivity index (χ0n) is 11.8. The van der Waals surface area contributed by atoms with Gasteiger partial charge >= 0.3 is 5.97 Å². The van der Waals surface area contributed by atoms with E-state index in [1.165, 1.54) is 31.5 Å². The van der Waals surface area contributed by atoms with Gasteiger partial charge in [-0.3, -0.25) is 0 Å². The number of nitrogen functional groups attached to an aromatic ring is 1. The maximum Gasteiger partial charge on any atom is 0.341 e. The molecule has 2 N–H and O–H groups in total. The summed E-state index contributed by atoms with van der Waals surface area (Å²) in [5, 5.41) is 0. The Morgan fingerprint density at radius 3 is 2.62 bits per heavy atom. The standard InChI is InChI=1S/C15H16FN3O2/c1-3-19(12-6-4-10(16)5-7-12)14-13(15(20)21-2)8-11(17)9-18-14/h4-9H,3,17H2,1-2H3. The van der Waals surface area contributed by atoms with Gasteiger partial charge in [0.05, 0.1) is 19.0 Å². The van der Waals surface area contributed by atoms with Crippen molar-refractivity contribution in [2.24, 2.45) is 0 Å². The molecule has 1 heterocycles. The molecule has 5 nitrogen and oxygen atoms in total. The van der Waals surface area contributed by atoms with E-state index in [4.69, 9.17) is 10.5 Å². The van der Waals surface area contributed by atoms with E-state index in [9.17, 15) is 9.18 Å². The minimum Gasteiger partial charge on any atom is -0.465 e. The molecular weight excluding hydrogens is 273 g/mol. The number of halogens is 1. The summed E-state index contributed by atoms with van der Waals surface area (Å²) in [6.07, 6.45) is 1.47. The zero-order chi connectivity index (χ0) is 15.4. The van der Waals surface area contributed by atoms with Crippen LogP contribution >= 0.6 is 0 Å². The monoisotopic (exact) mass is 289 g/mol. The predicted molar refractivity (Wildman–Crippen MR) is 79.1 cm³/mol. The second-order valence-corrected chi connectivity index (χ2v) is 4.35. The Kier molecular flexibility index (Phi) is 4.37. The number of esters is 1. The van der Waals surface area contributed by atoms with Crippen LogP contribution in [0.5, 0.6) is 0 Å². The van der Waals surface area contributed by atoms with Gasteiger partial charge in [0.2, 0.25) is 0 Å². The molecule has 0 aliphatic heterocycles. The van der Waals surface area contributed by atoms with E-state index in [1.54, 1.807) is 17.0 Å². The van der Waals surface area contributed by atoms with Crippen LogP contribution < -0.4 is 10.6 Å². The number of hydrogen-bond acceptors (Lipinski definition) is 5. The lowest BCUT2D eigenvalue weighted by atomic mass is 10.2. The lowest BCUT2D eigenvalue weighted by Crippen LogP contribution is -2.21. The summed E-state index contributed by atoms with van der Waals surface area (Å²) in [7, 11) is 1.30. The molecule has 0 amide bonds. The quantitative estimate of drug-likeness (QED) is 0.876. The topological polar surface area (TPSA) is 68.5 Å². The van der Waals surface area contributed by atoms with Crippen molar-refractivity contribution in [3.63, 3.8) is 0 Å². The molecule has 0 aliphatic carbocycles. The van der Waals surface area contributed by atoms with E-state index in [0.29, 0.717) is 18.1 Å². The molecule has 0 spiro atoms. The van der Waals surface area contributed by atoms with Crippen LogP contribution in [0.3, 0.4) is 0 Å². The van der Waals surface area contributed by atoms with Gasteiger partial charge in [0.15, 0.2) is 0 Å². The van der Waals surface area contributed by atoms with Crippen molar-refractivity contribution in [2.75, 3.05) is 24.3 Å². The largest absolute Gasteiger partial charge is 0.465 e. The van der Waals surface area contributed by atoms with Crippen molar-refractivity contribution in [1.29, 1.82) is 0 Å². The highest BCUT2D eigenvalue weighted by atomic mass is 19.1. The highest BCUT2D eigenvalue weighted by Crippen LogP contribution is 2.28. The third kappa shape index (κ3) is 3.10. The number of carbonyl (C=O) groups excluding carboxylic acids is 1. The molecule has 0 atom stereocenters. The molecule has 0 unspecified atom stereocenters. The average molecular weight is 289 g/mol. The van der Waals surface area contributed by atoms with Gasteiger partial charge in [-0.05, 0) is 37.3 Å². The number of methoxy groups -OCH3 is 1. The van der Waals surface area contributed by atoms with Gasteiger partial charge in [-0.25, -0.2) is 14.2 Å². The first-order valence-electron chi connectivity index (χ1n) is 6.43. The fraction of sp³-hybridized carbons (Fsp3) is 0.200. The highest BCUT2D eigenvalue weighted by Gasteiger charge is 2.19. The van der Waals surface area contributed by atoms with Crippen LogP contribution in [0, 0.1) is 5.82 Å². The van der Waals surface area contributed by atoms with Crippen LogP contribution in [-0.2, 0) is 4.74 Å². The molecule has 2 rings (SSSR count). The molecule has 0 saturated heterocycles. The fourth-order valence-electron chi connectivity index (χ4n) is 2.02. The van der Waals surface area contributed by atoms with Crippen LogP contribution in [0.25, 0.3) is 0 Å². The number of carbonyl (C=O) groups is 1. The Hall–Kier alpha value is -2.63. The number of anilines is 3. The third-order valence-corrected chi connectivity index (χ3v) is 3.00. The molecule has 1 aromatic heterocycles. The fourth-order valence-corrected chi connectivity index (χ4v) is 2.02. The minimum absolute atomic E-state index is 0.267. The summed E-state index contributed by atoms with van der Waals surface area (Å²) < 4.78 is 17.8. The summed E-state index contributed by atoms with van der Waals surface area (Å²) >= 11 is 0. The molecule has 0 bridgehead atoms. The van der Waals surface area contributed by atoms with Crippen molar-refractivity contribution in [3.05, 3.63) is 47.9 Å². The number of aromatic nitrogens is 1.